The van der Waals surface area contributed by atoms with Crippen molar-refractivity contribution in [3.8, 4) is 0 Å². The SMILES string of the molecule is CC(C)(C)OC(=O)N1CCCC2(CCC(O)(c3ccc(Br)nc3)C2)C1. The van der Waals surface area contributed by atoms with Crippen LogP contribution in [-0.4, -0.2) is 39.8 Å². The molecule has 1 aromatic rings. The molecule has 1 amide bonds. The Balaban J connectivity index is 1.72. The van der Waals surface area contributed by atoms with E-state index in [1.54, 1.807) is 6.20 Å². The third kappa shape index (κ3) is 4.17. The average Bonchev–Trinajstić information content (AvgIpc) is 2.84. The van der Waals surface area contributed by atoms with Gasteiger partial charge in [-0.3, -0.25) is 0 Å². The zero-order chi connectivity index (χ0) is 18.3. The van der Waals surface area contributed by atoms with Crippen molar-refractivity contribution >= 4 is 22.0 Å². The van der Waals surface area contributed by atoms with Crippen LogP contribution in [-0.2, 0) is 10.3 Å². The number of hydrogen-bond donors (Lipinski definition) is 1. The van der Waals surface area contributed by atoms with E-state index in [4.69, 9.17) is 4.74 Å². The number of pyridine rings is 1. The van der Waals surface area contributed by atoms with Gasteiger partial charge in [0.05, 0.1) is 5.60 Å². The minimum atomic E-state index is -0.857. The highest BCUT2D eigenvalue weighted by atomic mass is 79.9. The molecule has 1 aliphatic heterocycles. The van der Waals surface area contributed by atoms with E-state index in [-0.39, 0.29) is 11.5 Å². The van der Waals surface area contributed by atoms with Gasteiger partial charge < -0.3 is 14.7 Å². The van der Waals surface area contributed by atoms with E-state index in [9.17, 15) is 9.90 Å². The van der Waals surface area contributed by atoms with Crippen LogP contribution in [0.4, 0.5) is 4.79 Å². The Hall–Kier alpha value is -1.14. The fourth-order valence-electron chi connectivity index (χ4n) is 4.21. The fourth-order valence-corrected chi connectivity index (χ4v) is 4.44. The van der Waals surface area contributed by atoms with Gasteiger partial charge in [0, 0.05) is 24.8 Å². The minimum Gasteiger partial charge on any atom is -0.444 e. The summed E-state index contributed by atoms with van der Waals surface area (Å²) in [7, 11) is 0. The number of halogens is 1. The second kappa shape index (κ2) is 6.54. The first-order valence-electron chi connectivity index (χ1n) is 8.93. The van der Waals surface area contributed by atoms with Crippen molar-refractivity contribution in [3.63, 3.8) is 0 Å². The van der Waals surface area contributed by atoms with Gasteiger partial charge in [0.2, 0.25) is 0 Å². The molecule has 1 spiro atoms. The molecule has 0 bridgehead atoms. The van der Waals surface area contributed by atoms with Crippen LogP contribution < -0.4 is 0 Å². The minimum absolute atomic E-state index is 0.0308. The predicted octanol–water partition coefficient (Wildman–Crippen LogP) is 4.23. The lowest BCUT2D eigenvalue weighted by molar-refractivity contribution is -0.00912. The zero-order valence-electron chi connectivity index (χ0n) is 15.2. The van der Waals surface area contributed by atoms with Gasteiger partial charge in [0.1, 0.15) is 10.2 Å². The molecule has 0 radical (unpaired) electrons. The van der Waals surface area contributed by atoms with Gasteiger partial charge in [0.25, 0.3) is 0 Å². The lowest BCUT2D eigenvalue weighted by atomic mass is 9.76. The highest BCUT2D eigenvalue weighted by Crippen LogP contribution is 2.53. The van der Waals surface area contributed by atoms with Crippen LogP contribution in [0.2, 0.25) is 0 Å². The van der Waals surface area contributed by atoms with Gasteiger partial charge in [-0.25, -0.2) is 9.78 Å². The molecule has 1 aliphatic carbocycles. The van der Waals surface area contributed by atoms with Crippen molar-refractivity contribution in [1.82, 2.24) is 9.88 Å². The standard InChI is InChI=1S/C19H27BrN2O3/c1-17(2,3)25-16(23)22-10-4-7-18(13-22)8-9-19(24,12-18)14-5-6-15(20)21-11-14/h5-6,11,24H,4,7-10,12-13H2,1-3H3. The van der Waals surface area contributed by atoms with Crippen molar-refractivity contribution in [2.75, 3.05) is 13.1 Å². The highest BCUT2D eigenvalue weighted by molar-refractivity contribution is 9.10. The molecule has 5 nitrogen and oxygen atoms in total. The van der Waals surface area contributed by atoms with Crippen LogP contribution in [0.5, 0.6) is 0 Å². The monoisotopic (exact) mass is 410 g/mol. The predicted molar refractivity (Wildman–Crippen MR) is 99.2 cm³/mol. The molecule has 2 aliphatic rings. The van der Waals surface area contributed by atoms with Crippen molar-refractivity contribution < 1.29 is 14.6 Å². The Labute approximate surface area is 157 Å². The van der Waals surface area contributed by atoms with Crippen LogP contribution in [0, 0.1) is 5.41 Å². The van der Waals surface area contributed by atoms with E-state index >= 15 is 0 Å². The Morgan fingerprint density at radius 2 is 2.08 bits per heavy atom. The molecule has 25 heavy (non-hydrogen) atoms. The van der Waals surface area contributed by atoms with Crippen LogP contribution in [0.25, 0.3) is 0 Å². The molecule has 2 heterocycles. The normalized spacial score (nSPS) is 29.9. The number of likely N-dealkylation sites (tertiary alicyclic amines) is 1. The van der Waals surface area contributed by atoms with Gasteiger partial charge in [-0.05, 0) is 80.3 Å². The summed E-state index contributed by atoms with van der Waals surface area (Å²) in [6.07, 6.45) is 5.79. The first-order chi connectivity index (χ1) is 11.6. The number of amides is 1. The fraction of sp³-hybridized carbons (Fsp3) is 0.684. The second-order valence-electron chi connectivity index (χ2n) is 8.58. The largest absolute Gasteiger partial charge is 0.444 e. The summed E-state index contributed by atoms with van der Waals surface area (Å²) in [6.45, 7) is 7.06. The van der Waals surface area contributed by atoms with Crippen molar-refractivity contribution in [3.05, 3.63) is 28.5 Å². The molecular weight excluding hydrogens is 384 g/mol. The molecule has 2 fully saturated rings. The summed E-state index contributed by atoms with van der Waals surface area (Å²) in [4.78, 5) is 18.5. The van der Waals surface area contributed by atoms with Gasteiger partial charge in [-0.1, -0.05) is 6.07 Å². The number of aromatic nitrogens is 1. The summed E-state index contributed by atoms with van der Waals surface area (Å²) in [6, 6.07) is 3.80. The summed E-state index contributed by atoms with van der Waals surface area (Å²) in [5, 5.41) is 11.2. The molecule has 2 unspecified atom stereocenters. The number of nitrogens with zero attached hydrogens (tertiary/aromatic N) is 2. The molecule has 2 atom stereocenters. The number of ether oxygens (including phenoxy) is 1. The maximum atomic E-state index is 12.4. The van der Waals surface area contributed by atoms with Crippen LogP contribution in [0.1, 0.15) is 58.4 Å². The Morgan fingerprint density at radius 3 is 2.72 bits per heavy atom. The zero-order valence-corrected chi connectivity index (χ0v) is 16.8. The maximum Gasteiger partial charge on any atom is 0.410 e. The van der Waals surface area contributed by atoms with Crippen LogP contribution in [0.15, 0.2) is 22.9 Å². The first-order valence-corrected chi connectivity index (χ1v) is 9.73. The highest BCUT2D eigenvalue weighted by Gasteiger charge is 2.50. The molecule has 0 aromatic carbocycles. The summed E-state index contributed by atoms with van der Waals surface area (Å²) >= 11 is 3.34. The third-order valence-electron chi connectivity index (χ3n) is 5.31. The van der Waals surface area contributed by atoms with E-state index in [1.807, 2.05) is 37.8 Å². The van der Waals surface area contributed by atoms with Crippen molar-refractivity contribution in [2.24, 2.45) is 5.41 Å². The van der Waals surface area contributed by atoms with Crippen molar-refractivity contribution in [1.29, 1.82) is 0 Å². The summed E-state index contributed by atoms with van der Waals surface area (Å²) < 4.78 is 6.30. The average molecular weight is 411 g/mol. The number of piperidine rings is 1. The molecule has 1 saturated carbocycles. The van der Waals surface area contributed by atoms with Gasteiger partial charge in [0.15, 0.2) is 0 Å². The van der Waals surface area contributed by atoms with Crippen LogP contribution >= 0.6 is 15.9 Å². The summed E-state index contributed by atoms with van der Waals surface area (Å²) in [5.74, 6) is 0. The number of rotatable bonds is 1. The Bertz CT molecular complexity index is 643. The smallest absolute Gasteiger partial charge is 0.410 e. The molecule has 1 aromatic heterocycles. The lowest BCUT2D eigenvalue weighted by Gasteiger charge is -2.41. The number of hydrogen-bond acceptors (Lipinski definition) is 4. The van der Waals surface area contributed by atoms with Gasteiger partial charge >= 0.3 is 6.09 Å². The molecule has 1 saturated heterocycles. The maximum absolute atomic E-state index is 12.4. The lowest BCUT2D eigenvalue weighted by Crippen LogP contribution is -2.47. The summed E-state index contributed by atoms with van der Waals surface area (Å²) in [5.41, 5.74) is -0.509. The van der Waals surface area contributed by atoms with E-state index in [2.05, 4.69) is 20.9 Å². The van der Waals surface area contributed by atoms with Gasteiger partial charge in [-0.2, -0.15) is 0 Å². The topological polar surface area (TPSA) is 62.7 Å². The van der Waals surface area contributed by atoms with E-state index in [0.29, 0.717) is 19.4 Å². The van der Waals surface area contributed by atoms with Crippen molar-refractivity contribution in [2.45, 2.75) is 64.1 Å². The van der Waals surface area contributed by atoms with E-state index in [1.165, 1.54) is 0 Å². The molecule has 3 rings (SSSR count). The third-order valence-corrected chi connectivity index (χ3v) is 5.78. The first kappa shape index (κ1) is 18.6. The van der Waals surface area contributed by atoms with Gasteiger partial charge in [-0.15, -0.1) is 0 Å². The number of carbonyl (C=O) groups excluding carboxylic acids is 1. The Morgan fingerprint density at radius 1 is 1.32 bits per heavy atom. The number of carbonyl (C=O) groups is 1. The molecular formula is C19H27BrN2O3. The van der Waals surface area contributed by atoms with E-state index < -0.39 is 11.2 Å². The molecule has 6 heteroatoms. The van der Waals surface area contributed by atoms with Crippen LogP contribution in [0.3, 0.4) is 0 Å². The quantitative estimate of drug-likeness (QED) is 0.703. The molecule has 1 N–H and O–H groups in total. The van der Waals surface area contributed by atoms with E-state index in [0.717, 1.165) is 36.0 Å². The Kier molecular flexibility index (Phi) is 4.88. The molecule has 138 valence electrons. The second-order valence-corrected chi connectivity index (χ2v) is 9.40. The number of aliphatic hydroxyl groups is 1.